The molecule has 0 aliphatic carbocycles. The Labute approximate surface area is 153 Å². The summed E-state index contributed by atoms with van der Waals surface area (Å²) in [4.78, 5) is 12.0. The van der Waals surface area contributed by atoms with Crippen LogP contribution >= 0.6 is 11.6 Å². The van der Waals surface area contributed by atoms with Crippen LogP contribution < -0.4 is 10.1 Å². The van der Waals surface area contributed by atoms with Crippen molar-refractivity contribution in [1.82, 2.24) is 15.2 Å². The predicted molar refractivity (Wildman–Crippen MR) is 94.9 cm³/mol. The van der Waals surface area contributed by atoms with Crippen molar-refractivity contribution in [2.75, 3.05) is 39.5 Å². The van der Waals surface area contributed by atoms with E-state index in [0.29, 0.717) is 44.5 Å². The summed E-state index contributed by atoms with van der Waals surface area (Å²) in [6.45, 7) is 6.42. The van der Waals surface area contributed by atoms with Gasteiger partial charge in [-0.1, -0.05) is 11.6 Å². The summed E-state index contributed by atoms with van der Waals surface area (Å²) in [5, 5.41) is 1.94. The minimum absolute atomic E-state index is 0.0535. The zero-order chi connectivity index (χ0) is 18.7. The Hall–Kier alpha value is -1.39. The van der Waals surface area contributed by atoms with Crippen LogP contribution in [0.15, 0.2) is 29.2 Å². The van der Waals surface area contributed by atoms with E-state index in [0.717, 1.165) is 0 Å². The number of sulfonamides is 1. The van der Waals surface area contributed by atoms with Crippen molar-refractivity contribution in [2.24, 2.45) is 0 Å². The van der Waals surface area contributed by atoms with Gasteiger partial charge in [-0.15, -0.1) is 0 Å². The van der Waals surface area contributed by atoms with Gasteiger partial charge in [-0.25, -0.2) is 22.9 Å². The number of hydrogen-bond donors (Lipinski definition) is 2. The van der Waals surface area contributed by atoms with Crippen molar-refractivity contribution in [3.05, 3.63) is 29.3 Å². The fourth-order valence-corrected chi connectivity index (χ4v) is 2.85. The Morgan fingerprint density at radius 3 is 2.08 bits per heavy atom. The van der Waals surface area contributed by atoms with Gasteiger partial charge in [0.15, 0.2) is 0 Å². The number of carbonyl (C=O) groups is 1. The molecule has 0 unspecified atom stereocenters. The summed E-state index contributed by atoms with van der Waals surface area (Å²) < 4.78 is 36.8. The summed E-state index contributed by atoms with van der Waals surface area (Å²) >= 11 is 5.73. The Morgan fingerprint density at radius 1 is 1.08 bits per heavy atom. The molecule has 10 heteroatoms. The third-order valence-corrected chi connectivity index (χ3v) is 4.63. The molecule has 1 rings (SSSR count). The van der Waals surface area contributed by atoms with Gasteiger partial charge in [0.2, 0.25) is 0 Å². The van der Waals surface area contributed by atoms with Gasteiger partial charge in [0, 0.05) is 31.3 Å². The van der Waals surface area contributed by atoms with E-state index in [1.807, 2.05) is 18.6 Å². The number of nitrogens with one attached hydrogen (secondary N) is 2. The summed E-state index contributed by atoms with van der Waals surface area (Å²) in [5.74, 6) is 0. The molecule has 0 aliphatic rings. The highest BCUT2D eigenvalue weighted by atomic mass is 35.5. The molecular weight excluding hydrogens is 370 g/mol. The molecule has 0 atom stereocenters. The van der Waals surface area contributed by atoms with Crippen LogP contribution in [0.3, 0.4) is 0 Å². The van der Waals surface area contributed by atoms with Crippen molar-refractivity contribution in [2.45, 2.75) is 18.7 Å². The van der Waals surface area contributed by atoms with Crippen LogP contribution in [0, 0.1) is 0 Å². The average Bonchev–Trinajstić information content (AvgIpc) is 2.55. The lowest BCUT2D eigenvalue weighted by atomic mass is 10.4. The van der Waals surface area contributed by atoms with Gasteiger partial charge in [-0.05, 0) is 38.1 Å². The van der Waals surface area contributed by atoms with E-state index in [1.165, 1.54) is 29.3 Å². The van der Waals surface area contributed by atoms with E-state index in [4.69, 9.17) is 21.1 Å². The molecule has 2 amide bonds. The Bertz CT molecular complexity index is 615. The van der Waals surface area contributed by atoms with Crippen LogP contribution in [-0.4, -0.2) is 59.0 Å². The Morgan fingerprint density at radius 2 is 1.60 bits per heavy atom. The molecule has 0 saturated carbocycles. The molecule has 8 nitrogen and oxygen atoms in total. The maximum Gasteiger partial charge on any atom is 0.343 e. The van der Waals surface area contributed by atoms with Crippen LogP contribution in [0.5, 0.6) is 0 Å². The topological polar surface area (TPSA) is 97.0 Å². The number of hydrogen-bond acceptors (Lipinski definition) is 6. The molecule has 1 aromatic rings. The van der Waals surface area contributed by atoms with Crippen molar-refractivity contribution in [3.63, 3.8) is 0 Å². The number of benzene rings is 1. The van der Waals surface area contributed by atoms with Gasteiger partial charge in [0.25, 0.3) is 10.0 Å². The lowest BCUT2D eigenvalue weighted by molar-refractivity contribution is 0.0656. The van der Waals surface area contributed by atoms with Gasteiger partial charge in [-0.2, -0.15) is 0 Å². The molecule has 0 radical (unpaired) electrons. The summed E-state index contributed by atoms with van der Waals surface area (Å²) in [6, 6.07) is 4.65. The largest absolute Gasteiger partial charge is 0.380 e. The predicted octanol–water partition coefficient (Wildman–Crippen LogP) is 1.62. The average molecular weight is 394 g/mol. The Balaban J connectivity index is 2.63. The minimum Gasteiger partial charge on any atom is -0.380 e. The highest BCUT2D eigenvalue weighted by Gasteiger charge is 2.19. The number of hydrazine groups is 1. The van der Waals surface area contributed by atoms with E-state index >= 15 is 0 Å². The summed E-state index contributed by atoms with van der Waals surface area (Å²) in [7, 11) is -3.98. The quantitative estimate of drug-likeness (QED) is 0.438. The normalized spacial score (nSPS) is 11.5. The molecule has 0 fully saturated rings. The SMILES string of the molecule is CCOCCN(CCOCC)NC(=O)NS(=O)(=O)c1ccc(Cl)cc1. The van der Waals surface area contributed by atoms with Crippen molar-refractivity contribution in [3.8, 4) is 0 Å². The highest BCUT2D eigenvalue weighted by Crippen LogP contribution is 2.13. The van der Waals surface area contributed by atoms with Crippen LogP contribution in [0.1, 0.15) is 13.8 Å². The third kappa shape index (κ3) is 8.50. The molecular formula is C15H24ClN3O5S. The first-order valence-corrected chi connectivity index (χ1v) is 9.74. The second kappa shape index (κ2) is 11.3. The van der Waals surface area contributed by atoms with Gasteiger partial charge in [0.1, 0.15) is 0 Å². The lowest BCUT2D eigenvalue weighted by Gasteiger charge is -2.23. The maximum atomic E-state index is 12.2. The third-order valence-electron chi connectivity index (χ3n) is 3.03. The number of nitrogens with zero attached hydrogens (tertiary/aromatic N) is 1. The first-order valence-electron chi connectivity index (χ1n) is 7.88. The van der Waals surface area contributed by atoms with Crippen LogP contribution in [0.2, 0.25) is 5.02 Å². The molecule has 0 aliphatic heterocycles. The van der Waals surface area contributed by atoms with E-state index < -0.39 is 16.1 Å². The second-order valence-electron chi connectivity index (χ2n) is 4.88. The highest BCUT2D eigenvalue weighted by molar-refractivity contribution is 7.90. The number of rotatable bonds is 11. The standard InChI is InChI=1S/C15H24ClN3O5S/c1-3-23-11-9-19(10-12-24-4-2)17-15(20)18-25(21,22)14-7-5-13(16)6-8-14/h5-8H,3-4,9-12H2,1-2H3,(H2,17,18,20). The summed E-state index contributed by atoms with van der Waals surface area (Å²) in [6.07, 6.45) is 0. The van der Waals surface area contributed by atoms with Gasteiger partial charge >= 0.3 is 6.03 Å². The van der Waals surface area contributed by atoms with E-state index in [9.17, 15) is 13.2 Å². The molecule has 0 heterocycles. The first-order chi connectivity index (χ1) is 11.9. The number of amides is 2. The van der Waals surface area contributed by atoms with Crippen LogP contribution in [-0.2, 0) is 19.5 Å². The fourth-order valence-electron chi connectivity index (χ4n) is 1.82. The first kappa shape index (κ1) is 21.7. The minimum atomic E-state index is -3.98. The molecule has 1 aromatic carbocycles. The molecule has 0 saturated heterocycles. The number of halogens is 1. The van der Waals surface area contributed by atoms with Gasteiger partial charge < -0.3 is 9.47 Å². The second-order valence-corrected chi connectivity index (χ2v) is 7.00. The van der Waals surface area contributed by atoms with Crippen molar-refractivity contribution in [1.29, 1.82) is 0 Å². The molecule has 2 N–H and O–H groups in total. The monoisotopic (exact) mass is 393 g/mol. The van der Waals surface area contributed by atoms with Crippen molar-refractivity contribution < 1.29 is 22.7 Å². The molecule has 25 heavy (non-hydrogen) atoms. The number of ether oxygens (including phenoxy) is 2. The van der Waals surface area contributed by atoms with Crippen molar-refractivity contribution >= 4 is 27.7 Å². The van der Waals surface area contributed by atoms with E-state index in [-0.39, 0.29) is 4.90 Å². The van der Waals surface area contributed by atoms with Gasteiger partial charge in [0.05, 0.1) is 18.1 Å². The van der Waals surface area contributed by atoms with Crippen LogP contribution in [0.25, 0.3) is 0 Å². The summed E-state index contributed by atoms with van der Waals surface area (Å²) in [5.41, 5.74) is 2.49. The van der Waals surface area contributed by atoms with Crippen LogP contribution in [0.4, 0.5) is 4.79 Å². The van der Waals surface area contributed by atoms with Gasteiger partial charge in [-0.3, -0.25) is 5.43 Å². The van der Waals surface area contributed by atoms with E-state index in [2.05, 4.69) is 5.43 Å². The molecule has 0 bridgehead atoms. The maximum absolute atomic E-state index is 12.2. The zero-order valence-corrected chi connectivity index (χ0v) is 15.9. The molecule has 0 aromatic heterocycles. The number of urea groups is 1. The van der Waals surface area contributed by atoms with E-state index in [1.54, 1.807) is 0 Å². The Kier molecular flexibility index (Phi) is 9.76. The molecule has 142 valence electrons. The number of carbonyl (C=O) groups excluding carboxylic acids is 1. The zero-order valence-electron chi connectivity index (χ0n) is 14.3. The fraction of sp³-hybridized carbons (Fsp3) is 0.533. The lowest BCUT2D eigenvalue weighted by Crippen LogP contribution is -2.50. The smallest absolute Gasteiger partial charge is 0.343 e. The molecule has 0 spiro atoms.